The number of fused-ring (bicyclic) bond motifs is 2. The Labute approximate surface area is 342 Å². The summed E-state index contributed by atoms with van der Waals surface area (Å²) >= 11 is 1.36. The Bertz CT molecular complexity index is 2000. The van der Waals surface area contributed by atoms with Crippen LogP contribution in [0.1, 0.15) is 63.5 Å². The topological polar surface area (TPSA) is 0 Å². The van der Waals surface area contributed by atoms with E-state index in [1.165, 1.54) is 101 Å². The van der Waals surface area contributed by atoms with Crippen LogP contribution in [0.15, 0.2) is 170 Å². The first kappa shape index (κ1) is 42.4. The van der Waals surface area contributed by atoms with Gasteiger partial charge < -0.3 is 14.9 Å². The third-order valence-corrected chi connectivity index (χ3v) is 10.5. The van der Waals surface area contributed by atoms with Crippen LogP contribution < -0.4 is 0 Å². The van der Waals surface area contributed by atoms with Gasteiger partial charge in [0.2, 0.25) is 0 Å². The first-order valence-electron chi connectivity index (χ1n) is 18.5. The SMILES string of the molecule is CCC(C)c1cc2c(-c3ccccc3)ccc(-c3ccccc3)c2[cH-]1.CCC(C)c1cc2c(-c3ccccc3)ccc(-c3ccccc3)c2[cH-]1.[CH3-].[CH3-].[Si]=[Zr]. The first-order chi connectivity index (χ1) is 25.6. The van der Waals surface area contributed by atoms with Crippen LogP contribution in [0.4, 0.5) is 0 Å². The van der Waals surface area contributed by atoms with Crippen LogP contribution in [-0.2, 0) is 23.3 Å². The quantitative estimate of drug-likeness (QED) is 0.106. The van der Waals surface area contributed by atoms with E-state index in [1.807, 2.05) is 0 Å². The standard InChI is InChI=1S/2C25H23.2CH3.Si.Zr/c2*1-3-18(2)21-16-24-22(19-10-6-4-7-11-19)14-15-23(25(24)17-21)20-12-8-5-9-13-20;;;;/h2*4-18H,3H2,1-2H3;2*1H3;;/q4*-1;;. The molecule has 8 aromatic carbocycles. The minimum atomic E-state index is 0. The Morgan fingerprint density at radius 3 is 0.963 bits per heavy atom. The molecule has 8 rings (SSSR count). The average molecular weight is 796 g/mol. The molecule has 2 unspecified atom stereocenters. The molecule has 0 aliphatic carbocycles. The maximum atomic E-state index is 3.06. The summed E-state index contributed by atoms with van der Waals surface area (Å²) in [5, 5.41) is 5.46. The van der Waals surface area contributed by atoms with Gasteiger partial charge in [0.1, 0.15) is 0 Å². The van der Waals surface area contributed by atoms with Crippen molar-refractivity contribution in [3.8, 4) is 44.5 Å². The summed E-state index contributed by atoms with van der Waals surface area (Å²) in [6, 6.07) is 61.6. The minimum absolute atomic E-state index is 0. The van der Waals surface area contributed by atoms with Crippen LogP contribution in [0, 0.1) is 14.9 Å². The molecule has 0 bridgehead atoms. The van der Waals surface area contributed by atoms with Crippen molar-refractivity contribution >= 4 is 28.4 Å². The van der Waals surface area contributed by atoms with Crippen LogP contribution in [0.25, 0.3) is 66.1 Å². The van der Waals surface area contributed by atoms with Gasteiger partial charge in [-0.2, -0.15) is 12.1 Å². The van der Waals surface area contributed by atoms with Gasteiger partial charge in [0, 0.05) is 0 Å². The summed E-state index contributed by atoms with van der Waals surface area (Å²) in [6.45, 7) is 12.2. The Morgan fingerprint density at radius 1 is 0.426 bits per heavy atom. The maximum absolute atomic E-state index is 3.06. The molecular formula is C52H52SiZr-4. The molecule has 54 heavy (non-hydrogen) atoms. The third-order valence-electron chi connectivity index (χ3n) is 10.5. The Balaban J connectivity index is 0.000000222. The molecule has 0 heterocycles. The van der Waals surface area contributed by atoms with Gasteiger partial charge in [0.15, 0.2) is 0 Å². The zero-order chi connectivity index (χ0) is 36.5. The number of benzene rings is 6. The first-order valence-corrected chi connectivity index (χ1v) is 22.7. The summed E-state index contributed by atoms with van der Waals surface area (Å²) in [7, 11) is 0. The van der Waals surface area contributed by atoms with Crippen molar-refractivity contribution in [1.29, 1.82) is 0 Å². The number of hydrogen-bond acceptors (Lipinski definition) is 0. The van der Waals surface area contributed by atoms with Crippen LogP contribution in [-0.4, -0.2) is 6.88 Å². The Morgan fingerprint density at radius 2 is 0.685 bits per heavy atom. The molecule has 2 heteroatoms. The second-order valence-electron chi connectivity index (χ2n) is 13.6. The van der Waals surface area contributed by atoms with E-state index in [0.29, 0.717) is 11.8 Å². The van der Waals surface area contributed by atoms with Crippen molar-refractivity contribution < 1.29 is 23.3 Å². The van der Waals surface area contributed by atoms with E-state index in [2.05, 4.69) is 204 Å². The molecule has 0 saturated heterocycles. The molecule has 0 nitrogen and oxygen atoms in total. The van der Waals surface area contributed by atoms with Gasteiger partial charge in [-0.3, -0.25) is 0 Å². The molecule has 272 valence electrons. The van der Waals surface area contributed by atoms with Gasteiger partial charge in [-0.15, -0.1) is 44.8 Å². The normalized spacial score (nSPS) is 11.5. The fourth-order valence-electron chi connectivity index (χ4n) is 7.16. The second-order valence-corrected chi connectivity index (χ2v) is 13.6. The fourth-order valence-corrected chi connectivity index (χ4v) is 7.16. The molecule has 0 amide bonds. The summed E-state index contributed by atoms with van der Waals surface area (Å²) in [4.78, 5) is 0. The summed E-state index contributed by atoms with van der Waals surface area (Å²) in [6.07, 6.45) is 2.33. The van der Waals surface area contributed by atoms with E-state index < -0.39 is 0 Å². The predicted octanol–water partition coefficient (Wildman–Crippen LogP) is 15.3. The van der Waals surface area contributed by atoms with E-state index in [1.54, 1.807) is 0 Å². The summed E-state index contributed by atoms with van der Waals surface area (Å²) < 4.78 is 0. The average Bonchev–Trinajstić information content (AvgIpc) is 3.88. The zero-order valence-corrected chi connectivity index (χ0v) is 36.2. The van der Waals surface area contributed by atoms with Gasteiger partial charge in [0.25, 0.3) is 0 Å². The van der Waals surface area contributed by atoms with E-state index in [0.717, 1.165) is 12.8 Å². The second kappa shape index (κ2) is 20.4. The Hall–Kier alpha value is -4.36. The van der Waals surface area contributed by atoms with Gasteiger partial charge in [0.05, 0.1) is 0 Å². The van der Waals surface area contributed by atoms with Crippen molar-refractivity contribution in [2.75, 3.05) is 0 Å². The van der Waals surface area contributed by atoms with Crippen molar-refractivity contribution in [3.63, 3.8) is 0 Å². The third kappa shape index (κ3) is 9.29. The Kier molecular flexibility index (Phi) is 16.0. The van der Waals surface area contributed by atoms with Crippen molar-refractivity contribution in [2.24, 2.45) is 0 Å². The summed E-state index contributed by atoms with van der Waals surface area (Å²) in [5.41, 5.74) is 13.3. The van der Waals surface area contributed by atoms with Crippen LogP contribution in [0.5, 0.6) is 0 Å². The van der Waals surface area contributed by atoms with Crippen molar-refractivity contribution in [1.82, 2.24) is 0 Å². The van der Waals surface area contributed by atoms with E-state index in [4.69, 9.17) is 0 Å². The molecule has 0 fully saturated rings. The number of hydrogen-bond donors (Lipinski definition) is 0. The molecule has 0 aliphatic heterocycles. The zero-order valence-electron chi connectivity index (χ0n) is 32.7. The van der Waals surface area contributed by atoms with Gasteiger partial charge in [-0.05, 0) is 23.0 Å². The van der Waals surface area contributed by atoms with E-state index in [-0.39, 0.29) is 14.9 Å². The van der Waals surface area contributed by atoms with Gasteiger partial charge >= 0.3 is 30.2 Å². The van der Waals surface area contributed by atoms with E-state index >= 15 is 0 Å². The predicted molar refractivity (Wildman–Crippen MR) is 237 cm³/mol. The van der Waals surface area contributed by atoms with E-state index in [9.17, 15) is 0 Å². The van der Waals surface area contributed by atoms with Gasteiger partial charge in [-0.1, -0.05) is 220 Å². The molecule has 2 radical (unpaired) electrons. The van der Waals surface area contributed by atoms with Gasteiger partial charge in [-0.25, -0.2) is 0 Å². The molecule has 0 aromatic heterocycles. The number of rotatable bonds is 8. The van der Waals surface area contributed by atoms with Crippen LogP contribution in [0.3, 0.4) is 0 Å². The monoisotopic (exact) mass is 794 g/mol. The molecule has 0 aliphatic rings. The van der Waals surface area contributed by atoms with Crippen LogP contribution in [0.2, 0.25) is 0 Å². The molecule has 8 aromatic rings. The molecule has 0 N–H and O–H groups in total. The summed E-state index contributed by atoms with van der Waals surface area (Å²) in [5.74, 6) is 1.17. The molecular weight excluding hydrogens is 744 g/mol. The van der Waals surface area contributed by atoms with Crippen molar-refractivity contribution in [3.05, 3.63) is 196 Å². The fraction of sp³-hybridized carbons (Fsp3) is 0.154. The molecule has 0 spiro atoms. The molecule has 0 saturated carbocycles. The van der Waals surface area contributed by atoms with Crippen LogP contribution >= 0.6 is 0 Å². The molecule has 2 atom stereocenters. The van der Waals surface area contributed by atoms with Crippen molar-refractivity contribution in [2.45, 2.75) is 52.4 Å².